The highest BCUT2D eigenvalue weighted by Crippen LogP contribution is 2.30. The molecule has 1 nitrogen and oxygen atoms in total. The van der Waals surface area contributed by atoms with E-state index < -0.39 is 23.4 Å². The first-order valence-corrected chi connectivity index (χ1v) is 4.54. The molecule has 0 saturated carbocycles. The van der Waals surface area contributed by atoms with Crippen LogP contribution in [0.25, 0.3) is 0 Å². The minimum Gasteiger partial charge on any atom is -0.284 e. The van der Waals surface area contributed by atoms with Crippen LogP contribution in [0.4, 0.5) is 13.2 Å². The highest BCUT2D eigenvalue weighted by Gasteiger charge is 2.30. The molecule has 4 heteroatoms. The Labute approximate surface area is 91.3 Å². The molecule has 0 amide bonds. The minimum atomic E-state index is -4.36. The Balaban J connectivity index is 2.97. The van der Waals surface area contributed by atoms with Crippen molar-refractivity contribution in [1.82, 2.24) is 0 Å². The van der Waals surface area contributed by atoms with Crippen LogP contribution in [-0.4, -0.2) is 5.78 Å². The van der Waals surface area contributed by atoms with E-state index in [-0.39, 0.29) is 0 Å². The summed E-state index contributed by atoms with van der Waals surface area (Å²) in [6.07, 6.45) is 0.567. The lowest BCUT2D eigenvalue weighted by Gasteiger charge is -2.10. The second kappa shape index (κ2) is 4.40. The molecule has 0 aliphatic rings. The van der Waals surface area contributed by atoms with Crippen LogP contribution < -0.4 is 0 Å². The number of Topliss-reactive ketones (excluding diaryl/α,β-unsaturated/α-hetero) is 1. The SMILES string of the molecule is C#CC(=O)C(C)c1ccc(C(F)(F)F)cc1. The maximum absolute atomic E-state index is 12.2. The molecule has 0 aliphatic carbocycles. The molecule has 1 aromatic rings. The molecular formula is C12H9F3O. The number of carbonyl (C=O) groups is 1. The molecule has 16 heavy (non-hydrogen) atoms. The highest BCUT2D eigenvalue weighted by atomic mass is 19.4. The van der Waals surface area contributed by atoms with Crippen molar-refractivity contribution in [3.8, 4) is 12.3 Å². The second-order valence-electron chi connectivity index (χ2n) is 3.35. The third-order valence-corrected chi connectivity index (χ3v) is 2.27. The van der Waals surface area contributed by atoms with E-state index in [4.69, 9.17) is 6.42 Å². The molecule has 0 heterocycles. The molecule has 0 radical (unpaired) electrons. The fraction of sp³-hybridized carbons (Fsp3) is 0.250. The maximum atomic E-state index is 12.2. The number of carbonyl (C=O) groups excluding carboxylic acids is 1. The predicted octanol–water partition coefficient (Wildman–Crippen LogP) is 3.01. The van der Waals surface area contributed by atoms with Crippen LogP contribution >= 0.6 is 0 Å². The van der Waals surface area contributed by atoms with Crippen LogP contribution in [-0.2, 0) is 11.0 Å². The standard InChI is InChI=1S/C12H9F3O/c1-3-11(16)8(2)9-4-6-10(7-5-9)12(13,14)15/h1,4-8H,2H3. The summed E-state index contributed by atoms with van der Waals surface area (Å²) in [7, 11) is 0. The van der Waals surface area contributed by atoms with E-state index in [0.717, 1.165) is 12.1 Å². The fourth-order valence-corrected chi connectivity index (χ4v) is 1.24. The van der Waals surface area contributed by atoms with Crippen molar-refractivity contribution < 1.29 is 18.0 Å². The van der Waals surface area contributed by atoms with Crippen LogP contribution in [0.1, 0.15) is 24.0 Å². The van der Waals surface area contributed by atoms with Gasteiger partial charge in [0.05, 0.1) is 11.5 Å². The number of hydrogen-bond donors (Lipinski definition) is 0. The van der Waals surface area contributed by atoms with Gasteiger partial charge >= 0.3 is 6.18 Å². The largest absolute Gasteiger partial charge is 0.416 e. The number of alkyl halides is 3. The quantitative estimate of drug-likeness (QED) is 0.559. The van der Waals surface area contributed by atoms with Crippen molar-refractivity contribution in [2.45, 2.75) is 19.0 Å². The van der Waals surface area contributed by atoms with E-state index >= 15 is 0 Å². The lowest BCUT2D eigenvalue weighted by Crippen LogP contribution is -2.08. The Bertz CT molecular complexity index is 423. The number of benzene rings is 1. The number of terminal acetylenes is 1. The topological polar surface area (TPSA) is 17.1 Å². The second-order valence-corrected chi connectivity index (χ2v) is 3.35. The summed E-state index contributed by atoms with van der Waals surface area (Å²) < 4.78 is 36.7. The smallest absolute Gasteiger partial charge is 0.284 e. The van der Waals surface area contributed by atoms with E-state index in [0.29, 0.717) is 5.56 Å². The number of hydrogen-bond acceptors (Lipinski definition) is 1. The molecular weight excluding hydrogens is 217 g/mol. The molecule has 0 aliphatic heterocycles. The van der Waals surface area contributed by atoms with Gasteiger partial charge in [0, 0.05) is 0 Å². The third-order valence-electron chi connectivity index (χ3n) is 2.27. The van der Waals surface area contributed by atoms with Gasteiger partial charge in [-0.05, 0) is 23.6 Å². The van der Waals surface area contributed by atoms with Crippen molar-refractivity contribution in [3.63, 3.8) is 0 Å². The van der Waals surface area contributed by atoms with Gasteiger partial charge in [0.2, 0.25) is 5.78 Å². The molecule has 1 unspecified atom stereocenters. The normalized spacial score (nSPS) is 12.9. The van der Waals surface area contributed by atoms with Gasteiger partial charge in [0.1, 0.15) is 0 Å². The Kier molecular flexibility index (Phi) is 3.38. The molecule has 0 aromatic heterocycles. The van der Waals surface area contributed by atoms with Crippen LogP contribution in [0.2, 0.25) is 0 Å². The summed E-state index contributed by atoms with van der Waals surface area (Å²) >= 11 is 0. The maximum Gasteiger partial charge on any atom is 0.416 e. The zero-order chi connectivity index (χ0) is 12.3. The summed E-state index contributed by atoms with van der Waals surface area (Å²) in [6.45, 7) is 1.56. The van der Waals surface area contributed by atoms with Crippen molar-refractivity contribution >= 4 is 5.78 Å². The molecule has 0 saturated heterocycles. The molecule has 84 valence electrons. The van der Waals surface area contributed by atoms with E-state index in [1.807, 2.05) is 5.92 Å². The summed E-state index contributed by atoms with van der Waals surface area (Å²) in [5.41, 5.74) is -0.257. The van der Waals surface area contributed by atoms with Gasteiger partial charge in [-0.15, -0.1) is 6.42 Å². The van der Waals surface area contributed by atoms with E-state index in [1.54, 1.807) is 6.92 Å². The Morgan fingerprint density at radius 1 is 1.31 bits per heavy atom. The molecule has 1 rings (SSSR count). The van der Waals surface area contributed by atoms with Crippen LogP contribution in [0.15, 0.2) is 24.3 Å². The van der Waals surface area contributed by atoms with E-state index in [9.17, 15) is 18.0 Å². The summed E-state index contributed by atoms with van der Waals surface area (Å²) in [6, 6.07) is 4.41. The average Bonchev–Trinajstić information content (AvgIpc) is 2.26. The monoisotopic (exact) mass is 226 g/mol. The Hall–Kier alpha value is -1.76. The van der Waals surface area contributed by atoms with Crippen molar-refractivity contribution in [2.24, 2.45) is 0 Å². The predicted molar refractivity (Wildman–Crippen MR) is 53.7 cm³/mol. The lowest BCUT2D eigenvalue weighted by atomic mass is 9.96. The van der Waals surface area contributed by atoms with Crippen LogP contribution in [0, 0.1) is 12.3 Å². The van der Waals surface area contributed by atoms with Gasteiger partial charge in [-0.3, -0.25) is 4.79 Å². The van der Waals surface area contributed by atoms with Crippen molar-refractivity contribution in [2.75, 3.05) is 0 Å². The average molecular weight is 226 g/mol. The van der Waals surface area contributed by atoms with Gasteiger partial charge < -0.3 is 0 Å². The molecule has 0 N–H and O–H groups in total. The summed E-state index contributed by atoms with van der Waals surface area (Å²) in [4.78, 5) is 11.1. The highest BCUT2D eigenvalue weighted by molar-refractivity contribution is 5.99. The van der Waals surface area contributed by atoms with Crippen molar-refractivity contribution in [1.29, 1.82) is 0 Å². The molecule has 1 aromatic carbocycles. The van der Waals surface area contributed by atoms with Gasteiger partial charge in [0.25, 0.3) is 0 Å². The first-order valence-electron chi connectivity index (χ1n) is 4.54. The molecule has 1 atom stereocenters. The minimum absolute atomic E-state index is 0.445. The first kappa shape index (κ1) is 12.3. The first-order chi connectivity index (χ1) is 7.36. The number of halogens is 3. The zero-order valence-electron chi connectivity index (χ0n) is 8.51. The zero-order valence-corrected chi connectivity index (χ0v) is 8.51. The lowest BCUT2D eigenvalue weighted by molar-refractivity contribution is -0.137. The van der Waals surface area contributed by atoms with Gasteiger partial charge in [-0.2, -0.15) is 13.2 Å². The molecule has 0 spiro atoms. The van der Waals surface area contributed by atoms with Crippen LogP contribution in [0.5, 0.6) is 0 Å². The van der Waals surface area contributed by atoms with Gasteiger partial charge in [-0.1, -0.05) is 19.1 Å². The van der Waals surface area contributed by atoms with Crippen LogP contribution in [0.3, 0.4) is 0 Å². The number of rotatable bonds is 2. The van der Waals surface area contributed by atoms with Gasteiger partial charge in [-0.25, -0.2) is 0 Å². The molecule has 0 bridgehead atoms. The van der Waals surface area contributed by atoms with E-state index in [1.165, 1.54) is 12.1 Å². The van der Waals surface area contributed by atoms with Crippen molar-refractivity contribution in [3.05, 3.63) is 35.4 Å². The fourth-order valence-electron chi connectivity index (χ4n) is 1.24. The summed E-state index contributed by atoms with van der Waals surface area (Å²) in [5, 5.41) is 0. The Morgan fingerprint density at radius 3 is 2.19 bits per heavy atom. The Morgan fingerprint density at radius 2 is 1.81 bits per heavy atom. The summed E-state index contributed by atoms with van der Waals surface area (Å²) in [5.74, 6) is 0.926. The van der Waals surface area contributed by atoms with E-state index in [2.05, 4.69) is 0 Å². The van der Waals surface area contributed by atoms with Gasteiger partial charge in [0.15, 0.2) is 0 Å². The third kappa shape index (κ3) is 2.63. The molecule has 0 fully saturated rings. The number of ketones is 1.